The molecule has 6 heteroatoms. The van der Waals surface area contributed by atoms with Gasteiger partial charge in [0.2, 0.25) is 5.13 Å². The molecule has 0 saturated heterocycles. The van der Waals surface area contributed by atoms with Crippen LogP contribution >= 0.6 is 11.3 Å². The summed E-state index contributed by atoms with van der Waals surface area (Å²) in [4.78, 5) is 0. The number of para-hydroxylation sites is 1. The molecule has 0 radical (unpaired) electrons. The molecule has 0 aliphatic rings. The lowest BCUT2D eigenvalue weighted by molar-refractivity contribution is 0.301. The second-order valence-corrected chi connectivity index (χ2v) is 4.46. The van der Waals surface area contributed by atoms with Gasteiger partial charge in [0, 0.05) is 0 Å². The van der Waals surface area contributed by atoms with Gasteiger partial charge < -0.3 is 4.74 Å². The number of benzene rings is 1. The van der Waals surface area contributed by atoms with Crippen molar-refractivity contribution in [3.05, 3.63) is 34.8 Å². The second-order valence-electron chi connectivity index (χ2n) is 3.40. The van der Waals surface area contributed by atoms with Gasteiger partial charge in [-0.2, -0.15) is 0 Å². The molecular formula is C11H14N4OS. The largest absolute Gasteiger partial charge is 0.486 e. The van der Waals surface area contributed by atoms with Crippen LogP contribution in [0.5, 0.6) is 5.75 Å². The molecule has 0 amide bonds. The van der Waals surface area contributed by atoms with E-state index in [-0.39, 0.29) is 0 Å². The third-order valence-electron chi connectivity index (χ3n) is 2.29. The molecule has 0 aliphatic carbocycles. The summed E-state index contributed by atoms with van der Waals surface area (Å²) < 4.78 is 5.71. The molecule has 17 heavy (non-hydrogen) atoms. The number of hydrazine groups is 1. The molecule has 3 N–H and O–H groups in total. The molecular weight excluding hydrogens is 236 g/mol. The van der Waals surface area contributed by atoms with Crippen LogP contribution in [0.3, 0.4) is 0 Å². The second kappa shape index (κ2) is 5.60. The van der Waals surface area contributed by atoms with E-state index in [9.17, 15) is 0 Å². The highest BCUT2D eigenvalue weighted by molar-refractivity contribution is 7.15. The van der Waals surface area contributed by atoms with E-state index in [1.807, 2.05) is 18.2 Å². The average molecular weight is 250 g/mol. The van der Waals surface area contributed by atoms with Crippen LogP contribution in [-0.4, -0.2) is 10.2 Å². The van der Waals surface area contributed by atoms with Crippen molar-refractivity contribution in [2.75, 3.05) is 5.43 Å². The Morgan fingerprint density at radius 3 is 2.88 bits per heavy atom. The number of nitrogens with zero attached hydrogens (tertiary/aromatic N) is 2. The molecule has 0 spiro atoms. The Morgan fingerprint density at radius 2 is 2.18 bits per heavy atom. The van der Waals surface area contributed by atoms with Crippen LogP contribution in [0.4, 0.5) is 5.13 Å². The Bertz CT molecular complexity index is 486. The zero-order chi connectivity index (χ0) is 12.1. The molecule has 0 saturated carbocycles. The van der Waals surface area contributed by atoms with Gasteiger partial charge in [-0.25, -0.2) is 5.84 Å². The summed E-state index contributed by atoms with van der Waals surface area (Å²) in [6.45, 7) is 2.51. The number of rotatable bonds is 5. The van der Waals surface area contributed by atoms with Gasteiger partial charge in [-0.15, -0.1) is 10.2 Å². The predicted octanol–water partition coefficient (Wildman–Crippen LogP) is 1.97. The standard InChI is InChI=1S/C11H14N4OS/c1-2-8-5-3-4-6-9(8)16-7-10-14-15-11(13-12)17-10/h3-6H,2,7,12H2,1H3,(H,13,15). The van der Waals surface area contributed by atoms with Crippen molar-refractivity contribution >= 4 is 16.5 Å². The molecule has 5 nitrogen and oxygen atoms in total. The van der Waals surface area contributed by atoms with Crippen LogP contribution in [0.1, 0.15) is 17.5 Å². The molecule has 0 fully saturated rings. The molecule has 0 aliphatic heterocycles. The van der Waals surface area contributed by atoms with Crippen LogP contribution in [0.2, 0.25) is 0 Å². The minimum absolute atomic E-state index is 0.413. The van der Waals surface area contributed by atoms with E-state index in [1.165, 1.54) is 16.9 Å². The third-order valence-corrected chi connectivity index (χ3v) is 3.12. The minimum Gasteiger partial charge on any atom is -0.486 e. The van der Waals surface area contributed by atoms with Gasteiger partial charge in [0.05, 0.1) is 0 Å². The maximum Gasteiger partial charge on any atom is 0.219 e. The van der Waals surface area contributed by atoms with Crippen molar-refractivity contribution in [2.24, 2.45) is 5.84 Å². The molecule has 0 unspecified atom stereocenters. The first-order chi connectivity index (χ1) is 8.33. The molecule has 2 rings (SSSR count). The maximum atomic E-state index is 5.71. The van der Waals surface area contributed by atoms with Gasteiger partial charge >= 0.3 is 0 Å². The molecule has 1 aromatic carbocycles. The van der Waals surface area contributed by atoms with E-state index in [0.717, 1.165) is 17.2 Å². The van der Waals surface area contributed by atoms with Gasteiger partial charge in [-0.05, 0) is 18.1 Å². The van der Waals surface area contributed by atoms with Gasteiger partial charge in [0.1, 0.15) is 12.4 Å². The summed E-state index contributed by atoms with van der Waals surface area (Å²) in [6, 6.07) is 7.98. The Kier molecular flexibility index (Phi) is 3.89. The topological polar surface area (TPSA) is 73.1 Å². The molecule has 0 atom stereocenters. The number of nitrogen functional groups attached to an aromatic ring is 1. The lowest BCUT2D eigenvalue weighted by Gasteiger charge is -2.08. The zero-order valence-corrected chi connectivity index (χ0v) is 10.3. The maximum absolute atomic E-state index is 5.71. The monoisotopic (exact) mass is 250 g/mol. The number of anilines is 1. The van der Waals surface area contributed by atoms with Crippen molar-refractivity contribution in [3.63, 3.8) is 0 Å². The Hall–Kier alpha value is -1.66. The summed E-state index contributed by atoms with van der Waals surface area (Å²) in [5.74, 6) is 6.13. The average Bonchev–Trinajstić information content (AvgIpc) is 2.84. The first kappa shape index (κ1) is 11.8. The number of aryl methyl sites for hydroxylation is 1. The highest BCUT2D eigenvalue weighted by atomic mass is 32.1. The summed E-state index contributed by atoms with van der Waals surface area (Å²) >= 11 is 1.38. The smallest absolute Gasteiger partial charge is 0.219 e. The quantitative estimate of drug-likeness (QED) is 0.627. The number of ether oxygens (including phenoxy) is 1. The Balaban J connectivity index is 2.01. The predicted molar refractivity (Wildman–Crippen MR) is 67.9 cm³/mol. The molecule has 2 aromatic rings. The minimum atomic E-state index is 0.413. The Morgan fingerprint density at radius 1 is 1.35 bits per heavy atom. The van der Waals surface area contributed by atoms with Crippen LogP contribution in [0.15, 0.2) is 24.3 Å². The molecule has 1 heterocycles. The van der Waals surface area contributed by atoms with E-state index < -0.39 is 0 Å². The summed E-state index contributed by atoms with van der Waals surface area (Å²) in [6.07, 6.45) is 0.946. The van der Waals surface area contributed by atoms with Crippen molar-refractivity contribution in [3.8, 4) is 5.75 Å². The lowest BCUT2D eigenvalue weighted by Crippen LogP contribution is -2.05. The van der Waals surface area contributed by atoms with Gasteiger partial charge in [0.15, 0.2) is 5.01 Å². The highest BCUT2D eigenvalue weighted by Gasteiger charge is 2.05. The van der Waals surface area contributed by atoms with E-state index in [2.05, 4.69) is 28.6 Å². The lowest BCUT2D eigenvalue weighted by atomic mass is 10.1. The van der Waals surface area contributed by atoms with Crippen LogP contribution in [0, 0.1) is 0 Å². The molecule has 90 valence electrons. The summed E-state index contributed by atoms with van der Waals surface area (Å²) in [5.41, 5.74) is 3.65. The van der Waals surface area contributed by atoms with E-state index in [4.69, 9.17) is 10.6 Å². The summed E-state index contributed by atoms with van der Waals surface area (Å²) in [5, 5.41) is 9.19. The van der Waals surface area contributed by atoms with Crippen molar-refractivity contribution in [1.29, 1.82) is 0 Å². The van der Waals surface area contributed by atoms with Crippen LogP contribution in [0.25, 0.3) is 0 Å². The number of aromatic nitrogens is 2. The van der Waals surface area contributed by atoms with Gasteiger partial charge in [-0.3, -0.25) is 5.43 Å². The van der Waals surface area contributed by atoms with Crippen molar-refractivity contribution in [1.82, 2.24) is 10.2 Å². The Labute approximate surface area is 104 Å². The first-order valence-electron chi connectivity index (χ1n) is 5.33. The SMILES string of the molecule is CCc1ccccc1OCc1nnc(NN)s1. The van der Waals surface area contributed by atoms with Crippen molar-refractivity contribution in [2.45, 2.75) is 20.0 Å². The molecule has 1 aromatic heterocycles. The zero-order valence-electron chi connectivity index (χ0n) is 9.51. The van der Waals surface area contributed by atoms with Gasteiger partial charge in [-0.1, -0.05) is 36.5 Å². The van der Waals surface area contributed by atoms with Crippen molar-refractivity contribution < 1.29 is 4.74 Å². The van der Waals surface area contributed by atoms with Crippen LogP contribution in [-0.2, 0) is 13.0 Å². The van der Waals surface area contributed by atoms with E-state index in [1.54, 1.807) is 0 Å². The van der Waals surface area contributed by atoms with Gasteiger partial charge in [0.25, 0.3) is 0 Å². The van der Waals surface area contributed by atoms with E-state index >= 15 is 0 Å². The third kappa shape index (κ3) is 2.92. The fraction of sp³-hybridized carbons (Fsp3) is 0.273. The summed E-state index contributed by atoms with van der Waals surface area (Å²) in [7, 11) is 0. The highest BCUT2D eigenvalue weighted by Crippen LogP contribution is 2.21. The molecule has 0 bridgehead atoms. The van der Waals surface area contributed by atoms with Crippen LogP contribution < -0.4 is 16.0 Å². The van der Waals surface area contributed by atoms with E-state index in [0.29, 0.717) is 11.7 Å². The fourth-order valence-corrected chi connectivity index (χ4v) is 2.01. The fourth-order valence-electron chi connectivity index (χ4n) is 1.45. The number of hydrogen-bond donors (Lipinski definition) is 2. The normalized spacial score (nSPS) is 10.2. The number of nitrogens with one attached hydrogen (secondary N) is 1. The number of nitrogens with two attached hydrogens (primary N) is 1. The number of hydrogen-bond acceptors (Lipinski definition) is 6. The first-order valence-corrected chi connectivity index (χ1v) is 6.14.